The van der Waals surface area contributed by atoms with Gasteiger partial charge >= 0.3 is 10.2 Å². The lowest BCUT2D eigenvalue weighted by atomic mass is 10.1. The lowest BCUT2D eigenvalue weighted by Gasteiger charge is -2.16. The highest BCUT2D eigenvalue weighted by molar-refractivity contribution is 7.91. The van der Waals surface area contributed by atoms with Crippen molar-refractivity contribution in [3.8, 4) is 5.75 Å². The Labute approximate surface area is 104 Å². The zero-order valence-electron chi connectivity index (χ0n) is 9.42. The third-order valence-electron chi connectivity index (χ3n) is 3.16. The van der Waals surface area contributed by atoms with Gasteiger partial charge < -0.3 is 10.2 Å². The standard InChI is InChI=1S/C11H12N2O4S/c14-10-5-8-3-1-2-7(8)4-9(10)13-6-11(15)12-18(13,16)17/h4-6,12,14-15H,1-3H2. The third-order valence-corrected chi connectivity index (χ3v) is 4.45. The molecule has 1 aliphatic heterocycles. The van der Waals surface area contributed by atoms with E-state index in [0.717, 1.165) is 40.9 Å². The number of aryl methyl sites for hydroxylation is 2. The van der Waals surface area contributed by atoms with Gasteiger partial charge in [0.15, 0.2) is 0 Å². The van der Waals surface area contributed by atoms with Crippen LogP contribution in [0.2, 0.25) is 0 Å². The zero-order valence-corrected chi connectivity index (χ0v) is 10.2. The molecule has 1 aromatic carbocycles. The fourth-order valence-electron chi connectivity index (χ4n) is 2.36. The molecule has 18 heavy (non-hydrogen) atoms. The summed E-state index contributed by atoms with van der Waals surface area (Å²) in [5.74, 6) is -0.568. The Balaban J connectivity index is 2.13. The van der Waals surface area contributed by atoms with Gasteiger partial charge in [0.25, 0.3) is 0 Å². The molecule has 1 heterocycles. The minimum absolute atomic E-state index is 0.105. The molecule has 0 fully saturated rings. The molecule has 0 saturated carbocycles. The topological polar surface area (TPSA) is 89.9 Å². The van der Waals surface area contributed by atoms with Gasteiger partial charge in [-0.25, -0.2) is 9.03 Å². The summed E-state index contributed by atoms with van der Waals surface area (Å²) in [6.45, 7) is 0. The van der Waals surface area contributed by atoms with Gasteiger partial charge in [-0.15, -0.1) is 0 Å². The molecule has 0 spiro atoms. The van der Waals surface area contributed by atoms with Gasteiger partial charge in [0.2, 0.25) is 5.88 Å². The Kier molecular flexibility index (Phi) is 2.21. The molecule has 0 aromatic heterocycles. The van der Waals surface area contributed by atoms with Crippen molar-refractivity contribution in [1.82, 2.24) is 4.72 Å². The number of nitrogens with one attached hydrogen (secondary N) is 1. The van der Waals surface area contributed by atoms with Crippen LogP contribution in [0.25, 0.3) is 0 Å². The summed E-state index contributed by atoms with van der Waals surface area (Å²) in [6.07, 6.45) is 3.81. The first-order valence-electron chi connectivity index (χ1n) is 5.55. The van der Waals surface area contributed by atoms with E-state index in [-0.39, 0.29) is 11.4 Å². The van der Waals surface area contributed by atoms with Crippen molar-refractivity contribution in [1.29, 1.82) is 0 Å². The molecule has 0 atom stereocenters. The Morgan fingerprint density at radius 1 is 1.17 bits per heavy atom. The average molecular weight is 268 g/mol. The molecule has 1 aliphatic carbocycles. The largest absolute Gasteiger partial charge is 0.506 e. The summed E-state index contributed by atoms with van der Waals surface area (Å²) < 4.78 is 26.2. The molecule has 0 amide bonds. The van der Waals surface area contributed by atoms with E-state index in [1.807, 2.05) is 4.72 Å². The minimum atomic E-state index is -3.85. The van der Waals surface area contributed by atoms with Crippen molar-refractivity contribution in [3.05, 3.63) is 35.3 Å². The predicted octanol–water partition coefficient (Wildman–Crippen LogP) is 0.892. The minimum Gasteiger partial charge on any atom is -0.506 e. The monoisotopic (exact) mass is 268 g/mol. The number of benzene rings is 1. The number of hydrogen-bond acceptors (Lipinski definition) is 4. The maximum Gasteiger partial charge on any atom is 0.330 e. The summed E-state index contributed by atoms with van der Waals surface area (Å²) in [5.41, 5.74) is 2.25. The number of rotatable bonds is 1. The molecule has 2 aliphatic rings. The van der Waals surface area contributed by atoms with Gasteiger partial charge in [0, 0.05) is 0 Å². The maximum absolute atomic E-state index is 11.7. The fourth-order valence-corrected chi connectivity index (χ4v) is 3.42. The zero-order chi connectivity index (χ0) is 12.9. The van der Waals surface area contributed by atoms with E-state index >= 15 is 0 Å². The number of fused-ring (bicyclic) bond motifs is 1. The number of hydrogen-bond donors (Lipinski definition) is 3. The predicted molar refractivity (Wildman–Crippen MR) is 65.4 cm³/mol. The number of phenolic OH excluding ortho intramolecular Hbond substituents is 1. The summed E-state index contributed by atoms with van der Waals surface area (Å²) >= 11 is 0. The number of anilines is 1. The second-order valence-corrected chi connectivity index (χ2v) is 5.93. The number of aromatic hydroxyl groups is 1. The Morgan fingerprint density at radius 2 is 1.83 bits per heavy atom. The first-order chi connectivity index (χ1) is 8.47. The van der Waals surface area contributed by atoms with Gasteiger partial charge in [-0.2, -0.15) is 8.42 Å². The summed E-state index contributed by atoms with van der Waals surface area (Å²) in [6, 6.07) is 3.25. The lowest BCUT2D eigenvalue weighted by molar-refractivity contribution is 0.392. The van der Waals surface area contributed by atoms with Crippen LogP contribution in [0, 0.1) is 0 Å². The van der Waals surface area contributed by atoms with E-state index in [0.29, 0.717) is 0 Å². The molecule has 96 valence electrons. The first-order valence-corrected chi connectivity index (χ1v) is 6.99. The van der Waals surface area contributed by atoms with Crippen LogP contribution in [0.3, 0.4) is 0 Å². The van der Waals surface area contributed by atoms with E-state index in [4.69, 9.17) is 0 Å². The van der Waals surface area contributed by atoms with Crippen molar-refractivity contribution in [2.24, 2.45) is 0 Å². The quantitative estimate of drug-likeness (QED) is 0.705. The Hall–Kier alpha value is -1.89. The first kappa shape index (κ1) is 11.2. The van der Waals surface area contributed by atoms with Gasteiger partial charge in [-0.3, -0.25) is 0 Å². The van der Waals surface area contributed by atoms with Gasteiger partial charge in [-0.05, 0) is 42.5 Å². The van der Waals surface area contributed by atoms with E-state index < -0.39 is 16.1 Å². The Bertz CT molecular complexity index is 651. The van der Waals surface area contributed by atoms with Crippen molar-refractivity contribution >= 4 is 15.9 Å². The van der Waals surface area contributed by atoms with Gasteiger partial charge in [0.05, 0.1) is 6.20 Å². The average Bonchev–Trinajstić information content (AvgIpc) is 2.80. The molecule has 0 unspecified atom stereocenters. The van der Waals surface area contributed by atoms with Gasteiger partial charge in [-0.1, -0.05) is 0 Å². The van der Waals surface area contributed by atoms with E-state index in [9.17, 15) is 18.6 Å². The van der Waals surface area contributed by atoms with Crippen molar-refractivity contribution < 1.29 is 18.6 Å². The van der Waals surface area contributed by atoms with Crippen molar-refractivity contribution in [3.63, 3.8) is 0 Å². The Morgan fingerprint density at radius 3 is 2.44 bits per heavy atom. The highest BCUT2D eigenvalue weighted by Gasteiger charge is 2.31. The fraction of sp³-hybridized carbons (Fsp3) is 0.273. The van der Waals surface area contributed by atoms with Crippen LogP contribution < -0.4 is 9.03 Å². The maximum atomic E-state index is 11.7. The molecule has 3 N–H and O–H groups in total. The molecule has 1 aromatic rings. The molecule has 6 nitrogen and oxygen atoms in total. The van der Waals surface area contributed by atoms with Crippen molar-refractivity contribution in [2.45, 2.75) is 19.3 Å². The van der Waals surface area contributed by atoms with Crippen LogP contribution in [-0.4, -0.2) is 18.6 Å². The smallest absolute Gasteiger partial charge is 0.330 e. The number of aliphatic hydroxyl groups is 1. The molecular weight excluding hydrogens is 256 g/mol. The molecule has 7 heteroatoms. The van der Waals surface area contributed by atoms with Crippen LogP contribution in [0.4, 0.5) is 5.69 Å². The normalized spacial score (nSPS) is 20.4. The SMILES string of the molecule is O=S1(=O)NC(O)=CN1c1cc2c(cc1O)CCC2. The van der Waals surface area contributed by atoms with E-state index in [1.54, 1.807) is 12.1 Å². The second-order valence-electron chi connectivity index (χ2n) is 4.38. The van der Waals surface area contributed by atoms with Crippen LogP contribution in [0.5, 0.6) is 5.75 Å². The second kappa shape index (κ2) is 3.55. The van der Waals surface area contributed by atoms with Crippen LogP contribution in [-0.2, 0) is 23.1 Å². The highest BCUT2D eigenvalue weighted by Crippen LogP contribution is 2.37. The van der Waals surface area contributed by atoms with Crippen LogP contribution >= 0.6 is 0 Å². The van der Waals surface area contributed by atoms with E-state index in [1.165, 1.54) is 0 Å². The number of phenols is 1. The van der Waals surface area contributed by atoms with Gasteiger partial charge in [0.1, 0.15) is 11.4 Å². The molecule has 0 saturated heterocycles. The highest BCUT2D eigenvalue weighted by atomic mass is 32.2. The van der Waals surface area contributed by atoms with Crippen molar-refractivity contribution in [2.75, 3.05) is 4.31 Å². The summed E-state index contributed by atoms with van der Waals surface area (Å²) in [4.78, 5) is 0. The molecule has 3 rings (SSSR count). The third kappa shape index (κ3) is 1.59. The molecular formula is C11H12N2O4S. The lowest BCUT2D eigenvalue weighted by Crippen LogP contribution is -2.29. The molecule has 0 bridgehead atoms. The van der Waals surface area contributed by atoms with E-state index in [2.05, 4.69) is 0 Å². The number of nitrogens with zero attached hydrogens (tertiary/aromatic N) is 1. The summed E-state index contributed by atoms with van der Waals surface area (Å²) in [5, 5.41) is 19.1. The van der Waals surface area contributed by atoms with Crippen LogP contribution in [0.15, 0.2) is 24.2 Å². The number of aliphatic hydroxyl groups excluding tert-OH is 1. The van der Waals surface area contributed by atoms with Crippen LogP contribution in [0.1, 0.15) is 17.5 Å². The summed E-state index contributed by atoms with van der Waals surface area (Å²) in [7, 11) is -3.85. The molecule has 0 radical (unpaired) electrons.